The van der Waals surface area contributed by atoms with E-state index >= 15 is 0 Å². The Morgan fingerprint density at radius 2 is 2.40 bits per heavy atom. The Balaban J connectivity index is 2.18. The quantitative estimate of drug-likeness (QED) is 0.610. The second kappa shape index (κ2) is 3.88. The molecule has 1 fully saturated rings. The fraction of sp³-hybridized carbons (Fsp3) is 1.00. The molecule has 10 heavy (non-hydrogen) atoms. The van der Waals surface area contributed by atoms with E-state index in [2.05, 4.69) is 4.90 Å². The Labute approximate surface area is 61.2 Å². The lowest BCUT2D eigenvalue weighted by Gasteiger charge is -2.29. The van der Waals surface area contributed by atoms with Crippen molar-refractivity contribution in [2.75, 3.05) is 26.3 Å². The zero-order chi connectivity index (χ0) is 7.40. The van der Waals surface area contributed by atoms with Crippen molar-refractivity contribution in [2.45, 2.75) is 18.9 Å². The van der Waals surface area contributed by atoms with E-state index in [9.17, 15) is 4.39 Å². The molecule has 60 valence electrons. The molecule has 0 spiro atoms. The van der Waals surface area contributed by atoms with Gasteiger partial charge in [-0.25, -0.2) is 4.39 Å². The van der Waals surface area contributed by atoms with Crippen molar-refractivity contribution in [3.63, 3.8) is 0 Å². The Hall–Kier alpha value is -0.150. The van der Waals surface area contributed by atoms with Gasteiger partial charge in [0.1, 0.15) is 6.67 Å². The maximum Gasteiger partial charge on any atom is 0.102 e. The van der Waals surface area contributed by atoms with Gasteiger partial charge in [0.15, 0.2) is 0 Å². The molecule has 1 aliphatic heterocycles. The van der Waals surface area contributed by atoms with Crippen molar-refractivity contribution in [3.8, 4) is 0 Å². The SMILES string of the molecule is NC1CCCN(CCF)C1. The van der Waals surface area contributed by atoms with Crippen LogP contribution in [0.15, 0.2) is 0 Å². The van der Waals surface area contributed by atoms with Gasteiger partial charge in [0.05, 0.1) is 0 Å². The lowest BCUT2D eigenvalue weighted by atomic mass is 10.1. The van der Waals surface area contributed by atoms with Gasteiger partial charge < -0.3 is 5.73 Å². The summed E-state index contributed by atoms with van der Waals surface area (Å²) in [4.78, 5) is 2.09. The molecular weight excluding hydrogens is 131 g/mol. The molecule has 0 bridgehead atoms. The zero-order valence-electron chi connectivity index (χ0n) is 6.22. The molecule has 0 radical (unpaired) electrons. The molecule has 1 aliphatic rings. The Morgan fingerprint density at radius 3 is 3.00 bits per heavy atom. The van der Waals surface area contributed by atoms with Crippen LogP contribution in [0.2, 0.25) is 0 Å². The van der Waals surface area contributed by atoms with E-state index in [4.69, 9.17) is 5.73 Å². The number of rotatable bonds is 2. The molecule has 1 heterocycles. The van der Waals surface area contributed by atoms with E-state index in [1.165, 1.54) is 0 Å². The van der Waals surface area contributed by atoms with E-state index < -0.39 is 0 Å². The summed E-state index contributed by atoms with van der Waals surface area (Å²) >= 11 is 0. The maximum atomic E-state index is 11.8. The number of hydrogen-bond acceptors (Lipinski definition) is 2. The number of nitrogens with two attached hydrogens (primary N) is 1. The van der Waals surface area contributed by atoms with Crippen molar-refractivity contribution in [2.24, 2.45) is 5.73 Å². The molecule has 0 amide bonds. The van der Waals surface area contributed by atoms with Crippen LogP contribution in [0.1, 0.15) is 12.8 Å². The summed E-state index contributed by atoms with van der Waals surface area (Å²) in [5.74, 6) is 0. The van der Waals surface area contributed by atoms with Crippen LogP contribution in [0, 0.1) is 0 Å². The predicted molar refractivity (Wildman–Crippen MR) is 39.6 cm³/mol. The summed E-state index contributed by atoms with van der Waals surface area (Å²) in [6.07, 6.45) is 2.23. The molecule has 1 unspecified atom stereocenters. The molecule has 0 aromatic heterocycles. The van der Waals surface area contributed by atoms with Crippen molar-refractivity contribution in [3.05, 3.63) is 0 Å². The lowest BCUT2D eigenvalue weighted by molar-refractivity contribution is 0.194. The molecule has 1 saturated heterocycles. The number of piperidine rings is 1. The number of alkyl halides is 1. The summed E-state index contributed by atoms with van der Waals surface area (Å²) in [7, 11) is 0. The molecule has 2 nitrogen and oxygen atoms in total. The van der Waals surface area contributed by atoms with Gasteiger partial charge >= 0.3 is 0 Å². The van der Waals surface area contributed by atoms with Crippen LogP contribution in [0.5, 0.6) is 0 Å². The highest BCUT2D eigenvalue weighted by molar-refractivity contribution is 4.74. The van der Waals surface area contributed by atoms with E-state index in [0.29, 0.717) is 6.54 Å². The molecule has 0 aliphatic carbocycles. The van der Waals surface area contributed by atoms with E-state index in [1.54, 1.807) is 0 Å². The van der Waals surface area contributed by atoms with Crippen molar-refractivity contribution < 1.29 is 4.39 Å². The summed E-state index contributed by atoms with van der Waals surface area (Å²) in [6.45, 7) is 2.22. The van der Waals surface area contributed by atoms with Crippen LogP contribution in [0.4, 0.5) is 4.39 Å². The standard InChI is InChI=1S/C7H15FN2/c8-3-5-10-4-1-2-7(9)6-10/h7H,1-6,9H2. The minimum atomic E-state index is -0.243. The molecule has 0 aromatic carbocycles. The third kappa shape index (κ3) is 2.23. The van der Waals surface area contributed by atoms with E-state index in [1.807, 2.05) is 0 Å². The summed E-state index contributed by atoms with van der Waals surface area (Å²) in [5.41, 5.74) is 5.69. The highest BCUT2D eigenvalue weighted by atomic mass is 19.1. The number of likely N-dealkylation sites (tertiary alicyclic amines) is 1. The van der Waals surface area contributed by atoms with Gasteiger partial charge in [0.25, 0.3) is 0 Å². The number of halogens is 1. The van der Waals surface area contributed by atoms with Gasteiger partial charge in [-0.15, -0.1) is 0 Å². The van der Waals surface area contributed by atoms with Crippen LogP contribution in [-0.4, -0.2) is 37.3 Å². The van der Waals surface area contributed by atoms with Crippen LogP contribution in [-0.2, 0) is 0 Å². The molecule has 0 saturated carbocycles. The molecular formula is C7H15FN2. The fourth-order valence-electron chi connectivity index (χ4n) is 1.41. The number of nitrogens with zero attached hydrogens (tertiary/aromatic N) is 1. The molecule has 2 N–H and O–H groups in total. The maximum absolute atomic E-state index is 11.8. The average molecular weight is 146 g/mol. The number of hydrogen-bond donors (Lipinski definition) is 1. The Kier molecular flexibility index (Phi) is 3.09. The second-order valence-electron chi connectivity index (χ2n) is 2.89. The molecule has 3 heteroatoms. The van der Waals surface area contributed by atoms with Gasteiger partial charge in [0.2, 0.25) is 0 Å². The fourth-order valence-corrected chi connectivity index (χ4v) is 1.41. The summed E-state index contributed by atoms with van der Waals surface area (Å²) in [6, 6.07) is 0.278. The first kappa shape index (κ1) is 7.95. The first-order valence-corrected chi connectivity index (χ1v) is 3.87. The third-order valence-electron chi connectivity index (χ3n) is 1.94. The highest BCUT2D eigenvalue weighted by Crippen LogP contribution is 2.06. The lowest BCUT2D eigenvalue weighted by Crippen LogP contribution is -2.43. The van der Waals surface area contributed by atoms with Crippen molar-refractivity contribution in [1.29, 1.82) is 0 Å². The Bertz CT molecular complexity index is 95.6. The predicted octanol–water partition coefficient (Wildman–Crippen LogP) is 0.379. The summed E-state index contributed by atoms with van der Waals surface area (Å²) < 4.78 is 11.8. The van der Waals surface area contributed by atoms with Crippen molar-refractivity contribution >= 4 is 0 Å². The highest BCUT2D eigenvalue weighted by Gasteiger charge is 2.15. The second-order valence-corrected chi connectivity index (χ2v) is 2.89. The van der Waals surface area contributed by atoms with Gasteiger partial charge in [-0.1, -0.05) is 0 Å². The largest absolute Gasteiger partial charge is 0.327 e. The van der Waals surface area contributed by atoms with Gasteiger partial charge in [0, 0.05) is 19.1 Å². The topological polar surface area (TPSA) is 29.3 Å². The first-order valence-electron chi connectivity index (χ1n) is 3.87. The zero-order valence-corrected chi connectivity index (χ0v) is 6.22. The minimum Gasteiger partial charge on any atom is -0.327 e. The van der Waals surface area contributed by atoms with Gasteiger partial charge in [-0.05, 0) is 19.4 Å². The van der Waals surface area contributed by atoms with Crippen molar-refractivity contribution in [1.82, 2.24) is 4.90 Å². The smallest absolute Gasteiger partial charge is 0.102 e. The molecule has 0 aromatic rings. The third-order valence-corrected chi connectivity index (χ3v) is 1.94. The minimum absolute atomic E-state index is 0.243. The normalized spacial score (nSPS) is 28.8. The van der Waals surface area contributed by atoms with Crippen LogP contribution in [0.25, 0.3) is 0 Å². The Morgan fingerprint density at radius 1 is 1.60 bits per heavy atom. The van der Waals surface area contributed by atoms with Crippen LogP contribution < -0.4 is 5.73 Å². The van der Waals surface area contributed by atoms with Crippen LogP contribution in [0.3, 0.4) is 0 Å². The van der Waals surface area contributed by atoms with E-state index in [-0.39, 0.29) is 12.7 Å². The first-order chi connectivity index (χ1) is 4.83. The molecule has 1 atom stereocenters. The van der Waals surface area contributed by atoms with E-state index in [0.717, 1.165) is 25.9 Å². The summed E-state index contributed by atoms with van der Waals surface area (Å²) in [5, 5.41) is 0. The van der Waals surface area contributed by atoms with Crippen LogP contribution >= 0.6 is 0 Å². The van der Waals surface area contributed by atoms with Gasteiger partial charge in [-0.2, -0.15) is 0 Å². The monoisotopic (exact) mass is 146 g/mol. The average Bonchev–Trinajstić information content (AvgIpc) is 1.88. The van der Waals surface area contributed by atoms with Gasteiger partial charge in [-0.3, -0.25) is 4.90 Å². The molecule has 1 rings (SSSR count).